The largest absolute Gasteiger partial charge is 0.477 e. The molecule has 0 saturated carbocycles. The quantitative estimate of drug-likeness (QED) is 0.449. The number of hydrogen-bond acceptors (Lipinski definition) is 4. The van der Waals surface area contributed by atoms with E-state index in [0.717, 1.165) is 5.56 Å². The van der Waals surface area contributed by atoms with Gasteiger partial charge in [-0.2, -0.15) is 0 Å². The summed E-state index contributed by atoms with van der Waals surface area (Å²) in [5.41, 5.74) is 1.52. The van der Waals surface area contributed by atoms with Crippen molar-refractivity contribution in [1.29, 1.82) is 0 Å². The number of aromatic carboxylic acids is 1. The molecule has 1 aromatic carbocycles. The summed E-state index contributed by atoms with van der Waals surface area (Å²) >= 11 is 12.2. The van der Waals surface area contributed by atoms with Crippen molar-refractivity contribution < 1.29 is 19.4 Å². The third-order valence-corrected chi connectivity index (χ3v) is 5.72. The lowest BCUT2D eigenvalue weighted by molar-refractivity contribution is 0.0695. The van der Waals surface area contributed by atoms with E-state index in [-0.39, 0.29) is 16.3 Å². The van der Waals surface area contributed by atoms with E-state index >= 15 is 0 Å². The van der Waals surface area contributed by atoms with Gasteiger partial charge in [-0.25, -0.2) is 4.79 Å². The highest BCUT2D eigenvalue weighted by molar-refractivity contribution is 6.42. The molecule has 2 aromatic heterocycles. The fraction of sp³-hybridized carbons (Fsp3) is 0.304. The lowest BCUT2D eigenvalue weighted by atomic mass is 10.0. The molecule has 7 nitrogen and oxygen atoms in total. The summed E-state index contributed by atoms with van der Waals surface area (Å²) in [5, 5.41) is 10.4. The molecule has 0 spiro atoms. The molecule has 2 heterocycles. The van der Waals surface area contributed by atoms with E-state index in [4.69, 9.17) is 32.7 Å². The lowest BCUT2D eigenvalue weighted by Gasteiger charge is -2.21. The van der Waals surface area contributed by atoms with Crippen molar-refractivity contribution in [1.82, 2.24) is 9.13 Å². The van der Waals surface area contributed by atoms with Crippen molar-refractivity contribution in [2.45, 2.75) is 26.9 Å². The number of ether oxygens (including phenoxy) is 2. The third-order valence-electron chi connectivity index (χ3n) is 4.98. The molecule has 0 aliphatic carbocycles. The number of rotatable bonds is 9. The smallest absolute Gasteiger partial charge is 0.341 e. The van der Waals surface area contributed by atoms with Crippen molar-refractivity contribution in [3.05, 3.63) is 73.6 Å². The van der Waals surface area contributed by atoms with Gasteiger partial charge in [0.2, 0.25) is 0 Å². The van der Waals surface area contributed by atoms with Crippen LogP contribution in [0.3, 0.4) is 0 Å². The first kappa shape index (κ1) is 23.9. The highest BCUT2D eigenvalue weighted by Crippen LogP contribution is 2.31. The van der Waals surface area contributed by atoms with Crippen LogP contribution in [0.5, 0.6) is 5.88 Å². The van der Waals surface area contributed by atoms with Gasteiger partial charge in [-0.15, -0.1) is 0 Å². The van der Waals surface area contributed by atoms with Crippen LogP contribution in [-0.4, -0.2) is 40.5 Å². The first-order valence-corrected chi connectivity index (χ1v) is 10.8. The molecule has 0 bridgehead atoms. The molecule has 0 atom stereocenters. The maximum absolute atomic E-state index is 12.9. The van der Waals surface area contributed by atoms with Crippen molar-refractivity contribution in [2.75, 3.05) is 20.3 Å². The summed E-state index contributed by atoms with van der Waals surface area (Å²) < 4.78 is 14.5. The molecule has 0 unspecified atom stereocenters. The summed E-state index contributed by atoms with van der Waals surface area (Å²) in [5.74, 6) is -0.668. The molecule has 0 radical (unpaired) electrons. The Bertz CT molecular complexity index is 1200. The highest BCUT2D eigenvalue weighted by atomic mass is 35.5. The number of halogens is 2. The van der Waals surface area contributed by atoms with Crippen LogP contribution >= 0.6 is 23.2 Å². The van der Waals surface area contributed by atoms with Crippen LogP contribution in [0.1, 0.15) is 28.5 Å². The van der Waals surface area contributed by atoms with Gasteiger partial charge >= 0.3 is 5.97 Å². The maximum Gasteiger partial charge on any atom is 0.341 e. The number of hydrogen-bond donors (Lipinski definition) is 1. The number of carboxylic acid groups (broad SMARTS) is 1. The van der Waals surface area contributed by atoms with Crippen molar-refractivity contribution in [2.24, 2.45) is 0 Å². The van der Waals surface area contributed by atoms with Gasteiger partial charge < -0.3 is 23.7 Å². The predicted octanol–water partition coefficient (Wildman–Crippen LogP) is 4.72. The molecular weight excluding hydrogens is 455 g/mol. The molecule has 0 amide bonds. The van der Waals surface area contributed by atoms with E-state index in [0.29, 0.717) is 48.5 Å². The predicted molar refractivity (Wildman–Crippen MR) is 124 cm³/mol. The number of carbonyl (C=O) groups is 1. The van der Waals surface area contributed by atoms with Crippen LogP contribution in [0.25, 0.3) is 11.3 Å². The number of carboxylic acids is 1. The Morgan fingerprint density at radius 3 is 2.50 bits per heavy atom. The van der Waals surface area contributed by atoms with Crippen LogP contribution in [-0.2, 0) is 17.8 Å². The van der Waals surface area contributed by atoms with Crippen LogP contribution in [0.2, 0.25) is 10.0 Å². The highest BCUT2D eigenvalue weighted by Gasteiger charge is 2.23. The Balaban J connectivity index is 2.17. The van der Waals surface area contributed by atoms with Gasteiger partial charge in [0.15, 0.2) is 11.3 Å². The van der Waals surface area contributed by atoms with E-state index < -0.39 is 11.4 Å². The zero-order chi connectivity index (χ0) is 23.4. The van der Waals surface area contributed by atoms with Crippen molar-refractivity contribution >= 4 is 29.2 Å². The number of aromatic nitrogens is 2. The summed E-state index contributed by atoms with van der Waals surface area (Å²) in [6.45, 7) is 5.41. The molecule has 3 rings (SSSR count). The Hall–Kier alpha value is -2.74. The van der Waals surface area contributed by atoms with Gasteiger partial charge in [0.05, 0.1) is 28.9 Å². The summed E-state index contributed by atoms with van der Waals surface area (Å²) in [6.07, 6.45) is 1.91. The maximum atomic E-state index is 12.9. The normalized spacial score (nSPS) is 11.0. The standard InChI is InChI=1S/C23H24Cl2N2O5/c1-4-27-16(13-26-12-14(2)9-20(26)32-8-7-31-3)11-19(28)21(23(29)30)22(27)15-5-6-17(24)18(25)10-15/h5-6,9-12H,4,7-8,13H2,1-3H3,(H,29,30). The molecular formula is C23H24Cl2N2O5. The van der Waals surface area contributed by atoms with Crippen molar-refractivity contribution in [3.63, 3.8) is 0 Å². The van der Waals surface area contributed by atoms with Crippen LogP contribution < -0.4 is 10.2 Å². The average molecular weight is 479 g/mol. The van der Waals surface area contributed by atoms with Gasteiger partial charge in [0, 0.05) is 43.2 Å². The van der Waals surface area contributed by atoms with Gasteiger partial charge in [0.1, 0.15) is 12.2 Å². The number of aryl methyl sites for hydroxylation is 1. The van der Waals surface area contributed by atoms with Crippen LogP contribution in [0.15, 0.2) is 41.3 Å². The van der Waals surface area contributed by atoms with E-state index in [1.54, 1.807) is 29.9 Å². The van der Waals surface area contributed by atoms with E-state index in [1.807, 2.05) is 30.7 Å². The Labute approximate surface area is 195 Å². The molecule has 0 aliphatic rings. The number of methoxy groups -OCH3 is 1. The van der Waals surface area contributed by atoms with E-state index in [1.165, 1.54) is 6.07 Å². The van der Waals surface area contributed by atoms with Gasteiger partial charge in [-0.1, -0.05) is 29.3 Å². The minimum absolute atomic E-state index is 0.274. The second-order valence-corrected chi connectivity index (χ2v) is 8.04. The minimum Gasteiger partial charge on any atom is -0.477 e. The molecule has 170 valence electrons. The van der Waals surface area contributed by atoms with Gasteiger partial charge in [-0.05, 0) is 31.5 Å². The molecule has 32 heavy (non-hydrogen) atoms. The molecule has 0 aliphatic heterocycles. The molecule has 0 saturated heterocycles. The number of pyridine rings is 1. The van der Waals surface area contributed by atoms with Gasteiger partial charge in [0.25, 0.3) is 0 Å². The molecule has 9 heteroatoms. The first-order chi connectivity index (χ1) is 15.3. The minimum atomic E-state index is -1.30. The fourth-order valence-corrected chi connectivity index (χ4v) is 3.91. The van der Waals surface area contributed by atoms with Crippen LogP contribution in [0.4, 0.5) is 0 Å². The monoisotopic (exact) mass is 478 g/mol. The zero-order valence-electron chi connectivity index (χ0n) is 18.0. The first-order valence-electron chi connectivity index (χ1n) is 10.0. The number of benzene rings is 1. The Morgan fingerprint density at radius 2 is 1.88 bits per heavy atom. The van der Waals surface area contributed by atoms with Crippen molar-refractivity contribution in [3.8, 4) is 17.1 Å². The fourth-order valence-electron chi connectivity index (χ4n) is 3.62. The second kappa shape index (κ2) is 10.3. The zero-order valence-corrected chi connectivity index (χ0v) is 19.5. The summed E-state index contributed by atoms with van der Waals surface area (Å²) in [6, 6.07) is 8.07. The topological polar surface area (TPSA) is 82.7 Å². The Kier molecular flexibility index (Phi) is 7.66. The summed E-state index contributed by atoms with van der Waals surface area (Å²) in [7, 11) is 1.60. The average Bonchev–Trinajstić information content (AvgIpc) is 3.08. The lowest BCUT2D eigenvalue weighted by Crippen LogP contribution is -2.24. The van der Waals surface area contributed by atoms with Crippen LogP contribution in [0, 0.1) is 6.92 Å². The number of nitrogens with zero attached hydrogens (tertiary/aromatic N) is 2. The van der Waals surface area contributed by atoms with Gasteiger partial charge in [-0.3, -0.25) is 4.79 Å². The SMILES string of the molecule is CCn1c(Cn2cc(C)cc2OCCOC)cc(=O)c(C(=O)O)c1-c1ccc(Cl)c(Cl)c1. The molecule has 3 aromatic rings. The summed E-state index contributed by atoms with van der Waals surface area (Å²) in [4.78, 5) is 24.9. The Morgan fingerprint density at radius 1 is 1.12 bits per heavy atom. The second-order valence-electron chi connectivity index (χ2n) is 7.23. The molecule has 0 fully saturated rings. The molecule has 1 N–H and O–H groups in total. The van der Waals surface area contributed by atoms with E-state index in [9.17, 15) is 14.7 Å². The third kappa shape index (κ3) is 5.01. The van der Waals surface area contributed by atoms with E-state index in [2.05, 4.69) is 0 Å².